The van der Waals surface area contributed by atoms with Gasteiger partial charge < -0.3 is 19.7 Å². The van der Waals surface area contributed by atoms with Crippen LogP contribution >= 0.6 is 0 Å². The van der Waals surface area contributed by atoms with Crippen molar-refractivity contribution in [1.29, 1.82) is 0 Å². The van der Waals surface area contributed by atoms with E-state index in [0.717, 1.165) is 18.4 Å². The highest BCUT2D eigenvalue weighted by Crippen LogP contribution is 2.34. The summed E-state index contributed by atoms with van der Waals surface area (Å²) in [7, 11) is 3.11. The topological polar surface area (TPSA) is 50.8 Å². The highest BCUT2D eigenvalue weighted by Gasteiger charge is 2.30. The van der Waals surface area contributed by atoms with Crippen molar-refractivity contribution in [3.05, 3.63) is 53.8 Å². The van der Waals surface area contributed by atoms with Gasteiger partial charge in [-0.25, -0.2) is 9.18 Å². The molecule has 6 heteroatoms. The lowest BCUT2D eigenvalue weighted by atomic mass is 10.0. The molecule has 0 saturated carbocycles. The zero-order valence-corrected chi connectivity index (χ0v) is 14.3. The molecule has 1 heterocycles. The van der Waals surface area contributed by atoms with Crippen LogP contribution in [0.5, 0.6) is 11.5 Å². The van der Waals surface area contributed by atoms with Crippen molar-refractivity contribution in [3.8, 4) is 11.5 Å². The standard InChI is InChI=1S/C19H21FN2O3/c1-24-15-8-9-16(18(12-15)25-2)21-19(23)22-10-4-7-17(22)13-5-3-6-14(20)11-13/h3,5-6,8-9,11-12,17H,4,7,10H2,1-2H3,(H,21,23)/t17-/m1/s1. The van der Waals surface area contributed by atoms with E-state index < -0.39 is 0 Å². The molecule has 1 aliphatic rings. The van der Waals surface area contributed by atoms with Gasteiger partial charge in [0.2, 0.25) is 0 Å². The molecule has 1 fully saturated rings. The summed E-state index contributed by atoms with van der Waals surface area (Å²) >= 11 is 0. The summed E-state index contributed by atoms with van der Waals surface area (Å²) < 4.78 is 24.0. The van der Waals surface area contributed by atoms with Gasteiger partial charge in [-0.15, -0.1) is 0 Å². The molecule has 3 rings (SSSR count). The van der Waals surface area contributed by atoms with E-state index in [1.54, 1.807) is 36.3 Å². The van der Waals surface area contributed by atoms with Crippen molar-refractivity contribution in [3.63, 3.8) is 0 Å². The van der Waals surface area contributed by atoms with E-state index in [9.17, 15) is 9.18 Å². The smallest absolute Gasteiger partial charge is 0.322 e. The molecule has 25 heavy (non-hydrogen) atoms. The number of ether oxygens (including phenoxy) is 2. The van der Waals surface area contributed by atoms with Gasteiger partial charge in [0.1, 0.15) is 17.3 Å². The minimum Gasteiger partial charge on any atom is -0.497 e. The highest BCUT2D eigenvalue weighted by molar-refractivity contribution is 5.91. The first kappa shape index (κ1) is 17.1. The van der Waals surface area contributed by atoms with E-state index in [0.29, 0.717) is 23.7 Å². The van der Waals surface area contributed by atoms with Crippen molar-refractivity contribution in [2.75, 3.05) is 26.1 Å². The number of urea groups is 1. The van der Waals surface area contributed by atoms with Gasteiger partial charge in [0.05, 0.1) is 25.9 Å². The quantitative estimate of drug-likeness (QED) is 0.904. The van der Waals surface area contributed by atoms with Crippen LogP contribution in [0, 0.1) is 5.82 Å². The third-order valence-electron chi connectivity index (χ3n) is 4.40. The zero-order chi connectivity index (χ0) is 17.8. The number of likely N-dealkylation sites (tertiary alicyclic amines) is 1. The molecule has 2 aromatic rings. The van der Waals surface area contributed by atoms with Crippen LogP contribution in [0.15, 0.2) is 42.5 Å². The lowest BCUT2D eigenvalue weighted by molar-refractivity contribution is 0.207. The Bertz CT molecular complexity index is 766. The van der Waals surface area contributed by atoms with Crippen molar-refractivity contribution < 1.29 is 18.7 Å². The number of hydrogen-bond acceptors (Lipinski definition) is 3. The molecular weight excluding hydrogens is 323 g/mol. The number of rotatable bonds is 4. The second kappa shape index (κ2) is 7.42. The maximum Gasteiger partial charge on any atom is 0.322 e. The van der Waals surface area contributed by atoms with Crippen molar-refractivity contribution in [1.82, 2.24) is 4.90 Å². The Morgan fingerprint density at radius 2 is 2.04 bits per heavy atom. The fourth-order valence-electron chi connectivity index (χ4n) is 3.16. The minimum absolute atomic E-state index is 0.125. The monoisotopic (exact) mass is 344 g/mol. The van der Waals surface area contributed by atoms with Crippen LogP contribution < -0.4 is 14.8 Å². The van der Waals surface area contributed by atoms with Crippen LogP contribution in [0.3, 0.4) is 0 Å². The predicted octanol–water partition coefficient (Wildman–Crippen LogP) is 4.21. The number of hydrogen-bond donors (Lipinski definition) is 1. The Morgan fingerprint density at radius 1 is 1.20 bits per heavy atom. The third kappa shape index (κ3) is 3.68. The number of nitrogens with zero attached hydrogens (tertiary/aromatic N) is 1. The number of nitrogens with one attached hydrogen (secondary N) is 1. The second-order valence-electron chi connectivity index (χ2n) is 5.90. The molecule has 0 aliphatic carbocycles. The molecule has 1 atom stereocenters. The zero-order valence-electron chi connectivity index (χ0n) is 14.3. The van der Waals surface area contributed by atoms with E-state index in [2.05, 4.69) is 5.32 Å². The van der Waals surface area contributed by atoms with Gasteiger partial charge in [0, 0.05) is 12.6 Å². The number of carbonyl (C=O) groups excluding carboxylic acids is 1. The second-order valence-corrected chi connectivity index (χ2v) is 5.90. The summed E-state index contributed by atoms with van der Waals surface area (Å²) in [5.41, 5.74) is 1.38. The average Bonchev–Trinajstić information content (AvgIpc) is 3.12. The van der Waals surface area contributed by atoms with Gasteiger partial charge in [-0.1, -0.05) is 12.1 Å². The first-order valence-electron chi connectivity index (χ1n) is 8.17. The molecule has 0 spiro atoms. The van der Waals surface area contributed by atoms with Crippen LogP contribution in [0.2, 0.25) is 0 Å². The maximum atomic E-state index is 13.5. The molecule has 0 radical (unpaired) electrons. The first-order valence-corrected chi connectivity index (χ1v) is 8.17. The lowest BCUT2D eigenvalue weighted by Crippen LogP contribution is -2.34. The van der Waals surface area contributed by atoms with E-state index >= 15 is 0 Å². The summed E-state index contributed by atoms with van der Waals surface area (Å²) in [5, 5.41) is 2.88. The molecule has 2 aromatic carbocycles. The molecular formula is C19H21FN2O3. The number of carbonyl (C=O) groups is 1. The minimum atomic E-state index is -0.290. The number of halogens is 1. The summed E-state index contributed by atoms with van der Waals surface area (Å²) in [6.07, 6.45) is 1.70. The van der Waals surface area contributed by atoms with Crippen molar-refractivity contribution in [2.45, 2.75) is 18.9 Å². The van der Waals surface area contributed by atoms with Crippen LogP contribution in [0.25, 0.3) is 0 Å². The van der Waals surface area contributed by atoms with E-state index in [4.69, 9.17) is 9.47 Å². The number of amides is 2. The Kier molecular flexibility index (Phi) is 5.07. The van der Waals surface area contributed by atoms with Crippen LogP contribution in [-0.2, 0) is 0 Å². The van der Waals surface area contributed by atoms with Crippen LogP contribution in [0.1, 0.15) is 24.4 Å². The number of anilines is 1. The maximum absolute atomic E-state index is 13.5. The van der Waals surface area contributed by atoms with Crippen molar-refractivity contribution >= 4 is 11.7 Å². The largest absolute Gasteiger partial charge is 0.497 e. The van der Waals surface area contributed by atoms with Gasteiger partial charge >= 0.3 is 6.03 Å². The summed E-state index contributed by atoms with van der Waals surface area (Å²) in [4.78, 5) is 14.5. The Balaban J connectivity index is 1.78. The number of benzene rings is 2. The molecule has 1 N–H and O–H groups in total. The molecule has 5 nitrogen and oxygen atoms in total. The number of methoxy groups -OCH3 is 2. The molecule has 0 unspecified atom stereocenters. The Labute approximate surface area is 146 Å². The predicted molar refractivity (Wildman–Crippen MR) is 93.6 cm³/mol. The summed E-state index contributed by atoms with van der Waals surface area (Å²) in [5.74, 6) is 0.879. The van der Waals surface area contributed by atoms with Gasteiger partial charge in [-0.2, -0.15) is 0 Å². The third-order valence-corrected chi connectivity index (χ3v) is 4.40. The van der Waals surface area contributed by atoms with Gasteiger partial charge in [0.25, 0.3) is 0 Å². The SMILES string of the molecule is COc1ccc(NC(=O)N2CCC[C@@H]2c2cccc(F)c2)c(OC)c1. The molecule has 0 bridgehead atoms. The Morgan fingerprint density at radius 3 is 2.76 bits per heavy atom. The summed E-state index contributed by atoms with van der Waals surface area (Å²) in [6, 6.07) is 11.3. The van der Waals surface area contributed by atoms with Gasteiger partial charge in [-0.3, -0.25) is 0 Å². The molecule has 2 amide bonds. The van der Waals surface area contributed by atoms with Crippen LogP contribution in [0.4, 0.5) is 14.9 Å². The molecule has 1 saturated heterocycles. The van der Waals surface area contributed by atoms with E-state index in [1.807, 2.05) is 6.07 Å². The molecule has 0 aromatic heterocycles. The fraction of sp³-hybridized carbons (Fsp3) is 0.316. The van der Waals surface area contributed by atoms with E-state index in [1.165, 1.54) is 19.2 Å². The Hall–Kier alpha value is -2.76. The van der Waals surface area contributed by atoms with Crippen molar-refractivity contribution in [2.24, 2.45) is 0 Å². The molecule has 1 aliphatic heterocycles. The first-order chi connectivity index (χ1) is 12.1. The fourth-order valence-corrected chi connectivity index (χ4v) is 3.16. The normalized spacial score (nSPS) is 16.6. The van der Waals surface area contributed by atoms with Gasteiger partial charge in [0.15, 0.2) is 0 Å². The average molecular weight is 344 g/mol. The summed E-state index contributed by atoms with van der Waals surface area (Å²) in [6.45, 7) is 0.630. The van der Waals surface area contributed by atoms with E-state index in [-0.39, 0.29) is 17.9 Å². The lowest BCUT2D eigenvalue weighted by Gasteiger charge is -2.26. The van der Waals surface area contributed by atoms with Gasteiger partial charge in [-0.05, 0) is 42.7 Å². The highest BCUT2D eigenvalue weighted by atomic mass is 19.1. The molecule has 132 valence electrons. The van der Waals surface area contributed by atoms with Crippen LogP contribution in [-0.4, -0.2) is 31.7 Å².